The van der Waals surface area contributed by atoms with E-state index in [0.29, 0.717) is 12.4 Å². The number of hydrogen-bond donors (Lipinski definition) is 2. The highest BCUT2D eigenvalue weighted by Gasteiger charge is 2.17. The summed E-state index contributed by atoms with van der Waals surface area (Å²) in [5.74, 6) is 0.435. The van der Waals surface area contributed by atoms with E-state index in [1.807, 2.05) is 39.5 Å². The van der Waals surface area contributed by atoms with Gasteiger partial charge in [-0.1, -0.05) is 66.7 Å². The Hall–Kier alpha value is -4.49. The van der Waals surface area contributed by atoms with Crippen LogP contribution >= 0.6 is 0 Å². The third kappa shape index (κ3) is 3.48. The maximum Gasteiger partial charge on any atom is 0.152 e. The van der Waals surface area contributed by atoms with Crippen molar-refractivity contribution in [1.82, 2.24) is 24.4 Å². The monoisotopic (exact) mass is 445 g/mol. The smallest absolute Gasteiger partial charge is 0.152 e. The average Bonchev–Trinajstić information content (AvgIpc) is 3.46. The molecule has 0 fully saturated rings. The van der Waals surface area contributed by atoms with Gasteiger partial charge in [0.2, 0.25) is 0 Å². The molecule has 3 aromatic heterocycles. The van der Waals surface area contributed by atoms with Crippen LogP contribution in [0.3, 0.4) is 0 Å². The predicted octanol–water partition coefficient (Wildman–Crippen LogP) is 4.50. The molecule has 0 spiro atoms. The van der Waals surface area contributed by atoms with E-state index >= 15 is 0 Å². The van der Waals surface area contributed by atoms with Crippen molar-refractivity contribution >= 4 is 22.2 Å². The first kappa shape index (κ1) is 20.1. The van der Waals surface area contributed by atoms with Crippen LogP contribution in [-0.2, 0) is 13.1 Å². The summed E-state index contributed by atoms with van der Waals surface area (Å²) in [4.78, 5) is 4.25. The Balaban J connectivity index is 1.46. The molecule has 0 unspecified atom stereocenters. The van der Waals surface area contributed by atoms with Crippen molar-refractivity contribution in [2.45, 2.75) is 13.1 Å². The first-order chi connectivity index (χ1) is 16.7. The van der Waals surface area contributed by atoms with Crippen LogP contribution in [0.1, 0.15) is 11.1 Å². The van der Waals surface area contributed by atoms with E-state index in [1.165, 1.54) is 11.9 Å². The first-order valence-electron chi connectivity index (χ1n) is 11.1. The van der Waals surface area contributed by atoms with Crippen molar-refractivity contribution in [1.29, 1.82) is 0 Å². The molecule has 34 heavy (non-hydrogen) atoms. The fraction of sp³-hybridized carbons (Fsp3) is 0.0741. The Bertz CT molecular complexity index is 1610. The molecule has 0 aliphatic carbocycles. The van der Waals surface area contributed by atoms with E-state index in [0.717, 1.165) is 50.9 Å². The predicted molar refractivity (Wildman–Crippen MR) is 135 cm³/mol. The summed E-state index contributed by atoms with van der Waals surface area (Å²) in [6.45, 7) is 1.23. The number of nitrogens with two attached hydrogens (primary N) is 2. The van der Waals surface area contributed by atoms with Gasteiger partial charge in [0.15, 0.2) is 5.82 Å². The van der Waals surface area contributed by atoms with Crippen LogP contribution in [0.5, 0.6) is 0 Å². The normalized spacial score (nSPS) is 11.4. The molecular formula is C27H23N7. The van der Waals surface area contributed by atoms with E-state index in [4.69, 9.17) is 16.6 Å². The molecule has 3 aromatic carbocycles. The molecule has 0 aliphatic heterocycles. The fourth-order valence-corrected chi connectivity index (χ4v) is 4.39. The van der Waals surface area contributed by atoms with Crippen molar-refractivity contribution in [3.8, 4) is 22.4 Å². The quantitative estimate of drug-likeness (QED) is 0.407. The Morgan fingerprint density at radius 2 is 1.62 bits per heavy atom. The molecule has 7 heteroatoms. The number of benzene rings is 3. The lowest BCUT2D eigenvalue weighted by atomic mass is 10.0. The summed E-state index contributed by atoms with van der Waals surface area (Å²) in [5.41, 5.74) is 20.1. The van der Waals surface area contributed by atoms with Gasteiger partial charge in [0.1, 0.15) is 11.8 Å². The molecule has 6 rings (SSSR count). The van der Waals surface area contributed by atoms with E-state index < -0.39 is 0 Å². The Labute approximate surface area is 196 Å². The standard InChI is InChI=1S/C27H23N7/c28-14-18-6-8-20(9-7-18)25-13-23(26-27(29)30-17-31-34(25)26)21-10-11-22-16-33(32-24(22)12-21)15-19-4-2-1-3-5-19/h1-13,16-17H,14-15,28H2,(H2,29,30,31). The minimum absolute atomic E-state index is 0.435. The first-order valence-corrected chi connectivity index (χ1v) is 11.1. The molecule has 166 valence electrons. The molecule has 0 aliphatic rings. The summed E-state index contributed by atoms with van der Waals surface area (Å²) in [5, 5.41) is 10.4. The van der Waals surface area contributed by atoms with Gasteiger partial charge in [0.25, 0.3) is 0 Å². The number of anilines is 1. The highest BCUT2D eigenvalue weighted by Crippen LogP contribution is 2.35. The van der Waals surface area contributed by atoms with Crippen LogP contribution in [0, 0.1) is 0 Å². The fourth-order valence-electron chi connectivity index (χ4n) is 4.39. The Kier molecular flexibility index (Phi) is 4.82. The summed E-state index contributed by atoms with van der Waals surface area (Å²) < 4.78 is 3.83. The molecule has 6 aromatic rings. The zero-order chi connectivity index (χ0) is 23.1. The molecule has 4 N–H and O–H groups in total. The molecule has 3 heterocycles. The summed E-state index contributed by atoms with van der Waals surface area (Å²) in [6, 6.07) is 26.9. The van der Waals surface area contributed by atoms with Crippen molar-refractivity contribution in [2.24, 2.45) is 5.73 Å². The number of aromatic nitrogens is 5. The summed E-state index contributed by atoms with van der Waals surface area (Å²) in [6.07, 6.45) is 3.56. The highest BCUT2D eigenvalue weighted by molar-refractivity contribution is 5.94. The molecular weight excluding hydrogens is 422 g/mol. The number of fused-ring (bicyclic) bond motifs is 2. The van der Waals surface area contributed by atoms with E-state index in [2.05, 4.69) is 64.8 Å². The third-order valence-electron chi connectivity index (χ3n) is 6.12. The topological polar surface area (TPSA) is 100 Å². The van der Waals surface area contributed by atoms with Gasteiger partial charge >= 0.3 is 0 Å². The van der Waals surface area contributed by atoms with Gasteiger partial charge in [-0.25, -0.2) is 9.50 Å². The van der Waals surface area contributed by atoms with Gasteiger partial charge in [0.05, 0.1) is 17.8 Å². The lowest BCUT2D eigenvalue weighted by Gasteiger charge is -2.04. The molecule has 0 radical (unpaired) electrons. The largest absolute Gasteiger partial charge is 0.382 e. The van der Waals surface area contributed by atoms with E-state index in [-0.39, 0.29) is 0 Å². The second kappa shape index (κ2) is 8.13. The van der Waals surface area contributed by atoms with Crippen molar-refractivity contribution in [2.75, 3.05) is 5.73 Å². The highest BCUT2D eigenvalue weighted by atomic mass is 15.3. The van der Waals surface area contributed by atoms with Gasteiger partial charge < -0.3 is 11.5 Å². The minimum Gasteiger partial charge on any atom is -0.382 e. The summed E-state index contributed by atoms with van der Waals surface area (Å²) >= 11 is 0. The van der Waals surface area contributed by atoms with E-state index in [9.17, 15) is 0 Å². The zero-order valence-corrected chi connectivity index (χ0v) is 18.5. The lowest BCUT2D eigenvalue weighted by Crippen LogP contribution is -2.01. The van der Waals surface area contributed by atoms with Gasteiger partial charge in [-0.3, -0.25) is 4.68 Å². The number of hydrogen-bond acceptors (Lipinski definition) is 5. The van der Waals surface area contributed by atoms with Crippen LogP contribution < -0.4 is 11.5 Å². The van der Waals surface area contributed by atoms with Crippen molar-refractivity contribution < 1.29 is 0 Å². The SMILES string of the molecule is NCc1ccc(-c2cc(-c3ccc4cn(Cc5ccccc5)nc4c3)c3c(N)ncnn23)cc1. The molecule has 0 amide bonds. The number of nitrogens with zero attached hydrogens (tertiary/aromatic N) is 5. The van der Waals surface area contributed by atoms with Crippen molar-refractivity contribution in [3.63, 3.8) is 0 Å². The molecule has 0 bridgehead atoms. The number of rotatable bonds is 5. The van der Waals surface area contributed by atoms with Gasteiger partial charge in [-0.15, -0.1) is 0 Å². The van der Waals surface area contributed by atoms with Crippen LogP contribution in [0.25, 0.3) is 38.8 Å². The van der Waals surface area contributed by atoms with Crippen LogP contribution in [0.2, 0.25) is 0 Å². The maximum absolute atomic E-state index is 6.33. The van der Waals surface area contributed by atoms with Crippen LogP contribution in [0.4, 0.5) is 5.82 Å². The lowest BCUT2D eigenvalue weighted by molar-refractivity contribution is 0.696. The molecule has 7 nitrogen and oxygen atoms in total. The molecule has 0 saturated carbocycles. The average molecular weight is 446 g/mol. The molecule has 0 atom stereocenters. The third-order valence-corrected chi connectivity index (χ3v) is 6.12. The Morgan fingerprint density at radius 1 is 0.824 bits per heavy atom. The second-order valence-electron chi connectivity index (χ2n) is 8.34. The Morgan fingerprint density at radius 3 is 2.41 bits per heavy atom. The van der Waals surface area contributed by atoms with Gasteiger partial charge in [0, 0.05) is 29.3 Å². The van der Waals surface area contributed by atoms with E-state index in [1.54, 1.807) is 0 Å². The zero-order valence-electron chi connectivity index (χ0n) is 18.5. The van der Waals surface area contributed by atoms with Gasteiger partial charge in [-0.05, 0) is 28.8 Å². The summed E-state index contributed by atoms with van der Waals surface area (Å²) in [7, 11) is 0. The minimum atomic E-state index is 0.435. The second-order valence-corrected chi connectivity index (χ2v) is 8.34. The number of nitrogen functional groups attached to an aromatic ring is 1. The maximum atomic E-state index is 6.33. The van der Waals surface area contributed by atoms with Crippen molar-refractivity contribution in [3.05, 3.63) is 103 Å². The van der Waals surface area contributed by atoms with Crippen LogP contribution in [-0.4, -0.2) is 24.4 Å². The van der Waals surface area contributed by atoms with Gasteiger partial charge in [-0.2, -0.15) is 10.2 Å². The molecule has 0 saturated heterocycles. The van der Waals surface area contributed by atoms with Crippen LogP contribution in [0.15, 0.2) is 91.4 Å².